The molecule has 0 heterocycles. The largest absolute Gasteiger partial charge is 0.460 e. The predicted octanol–water partition coefficient (Wildman–Crippen LogP) is 3.00. The molecular formula is C20H17NO5S. The van der Waals surface area contributed by atoms with E-state index in [-0.39, 0.29) is 5.57 Å². The molecule has 2 aromatic carbocycles. The number of esters is 1. The number of ether oxygens (including phenoxy) is 1. The fourth-order valence-electron chi connectivity index (χ4n) is 2.23. The second kappa shape index (κ2) is 9.48. The molecule has 0 saturated carbocycles. The molecule has 0 fully saturated rings. The van der Waals surface area contributed by atoms with E-state index in [1.807, 2.05) is 60.7 Å². The molecule has 0 amide bonds. The Morgan fingerprint density at radius 1 is 1.00 bits per heavy atom. The van der Waals surface area contributed by atoms with Crippen molar-refractivity contribution in [2.45, 2.75) is 0 Å². The molecule has 0 atom stereocenters. The topological polar surface area (TPSA) is 104 Å². The maximum Gasteiger partial charge on any atom is 0.348 e. The van der Waals surface area contributed by atoms with Crippen LogP contribution in [0.3, 0.4) is 0 Å². The molecular weight excluding hydrogens is 366 g/mol. The Morgan fingerprint density at radius 2 is 1.52 bits per heavy atom. The molecule has 0 radical (unpaired) electrons. The third-order valence-corrected chi connectivity index (χ3v) is 4.18. The first kappa shape index (κ1) is 20.1. The zero-order valence-electron chi connectivity index (χ0n) is 14.3. The zero-order valence-corrected chi connectivity index (χ0v) is 15.1. The third-order valence-electron chi connectivity index (χ3n) is 3.50. The van der Waals surface area contributed by atoms with Crippen molar-refractivity contribution in [3.8, 4) is 6.07 Å². The summed E-state index contributed by atoms with van der Waals surface area (Å²) in [5.74, 6) is -1.69. The molecule has 2 aromatic rings. The highest BCUT2D eigenvalue weighted by Gasteiger charge is 2.13. The number of hydrogen-bond donors (Lipinski definition) is 1. The van der Waals surface area contributed by atoms with Gasteiger partial charge < -0.3 is 4.74 Å². The van der Waals surface area contributed by atoms with Gasteiger partial charge in [-0.15, -0.1) is 0 Å². The van der Waals surface area contributed by atoms with Crippen LogP contribution >= 0.6 is 0 Å². The Kier molecular flexibility index (Phi) is 7.06. The first-order valence-corrected chi connectivity index (χ1v) is 9.57. The lowest BCUT2D eigenvalue weighted by molar-refractivity contribution is -0.137. The van der Waals surface area contributed by atoms with Crippen molar-refractivity contribution in [2.75, 3.05) is 12.4 Å². The van der Waals surface area contributed by atoms with Crippen LogP contribution in [0.5, 0.6) is 0 Å². The first-order valence-electron chi connectivity index (χ1n) is 7.96. The van der Waals surface area contributed by atoms with Crippen LogP contribution in [0.15, 0.2) is 78.4 Å². The Labute approximate surface area is 157 Å². The number of benzene rings is 2. The highest BCUT2D eigenvalue weighted by Crippen LogP contribution is 2.23. The summed E-state index contributed by atoms with van der Waals surface area (Å²) in [6.45, 7) is -0.537. The average molecular weight is 383 g/mol. The summed E-state index contributed by atoms with van der Waals surface area (Å²) in [5, 5.41) is 9.19. The molecule has 2 rings (SSSR count). The lowest BCUT2D eigenvalue weighted by atomic mass is 9.97. The summed E-state index contributed by atoms with van der Waals surface area (Å²) in [4.78, 5) is 11.9. The minimum atomic E-state index is -4.24. The zero-order chi connectivity index (χ0) is 19.7. The number of allylic oxidation sites excluding steroid dienone is 2. The van der Waals surface area contributed by atoms with Crippen LogP contribution in [0, 0.1) is 11.3 Å². The molecule has 0 aliphatic carbocycles. The number of rotatable bonds is 7. The molecule has 7 heteroatoms. The molecule has 0 aliphatic heterocycles. The van der Waals surface area contributed by atoms with Gasteiger partial charge in [-0.2, -0.15) is 13.7 Å². The molecule has 0 bridgehead atoms. The van der Waals surface area contributed by atoms with Gasteiger partial charge in [0.25, 0.3) is 10.1 Å². The number of hydrogen-bond acceptors (Lipinski definition) is 5. The van der Waals surface area contributed by atoms with Crippen LogP contribution in [0.4, 0.5) is 0 Å². The van der Waals surface area contributed by atoms with E-state index in [0.29, 0.717) is 0 Å². The smallest absolute Gasteiger partial charge is 0.348 e. The van der Waals surface area contributed by atoms with Gasteiger partial charge in [0.15, 0.2) is 0 Å². The van der Waals surface area contributed by atoms with Crippen LogP contribution in [0.1, 0.15) is 11.1 Å². The van der Waals surface area contributed by atoms with Gasteiger partial charge in [0.1, 0.15) is 24.0 Å². The van der Waals surface area contributed by atoms with E-state index in [1.54, 1.807) is 12.1 Å². The second-order valence-corrected chi connectivity index (χ2v) is 7.00. The first-order chi connectivity index (χ1) is 12.9. The van der Waals surface area contributed by atoms with E-state index in [4.69, 9.17) is 9.29 Å². The van der Waals surface area contributed by atoms with Gasteiger partial charge in [0.05, 0.1) is 0 Å². The van der Waals surface area contributed by atoms with E-state index < -0.39 is 28.4 Å². The second-order valence-electron chi connectivity index (χ2n) is 5.43. The number of nitriles is 1. The summed E-state index contributed by atoms with van der Waals surface area (Å²) in [7, 11) is -4.24. The maximum atomic E-state index is 11.9. The van der Waals surface area contributed by atoms with Crippen molar-refractivity contribution in [3.63, 3.8) is 0 Å². The molecule has 0 aliphatic rings. The molecule has 0 unspecified atom stereocenters. The molecule has 1 N–H and O–H groups in total. The number of carbonyl (C=O) groups excluding carboxylic acids is 1. The summed E-state index contributed by atoms with van der Waals surface area (Å²) in [5.41, 5.74) is 2.32. The van der Waals surface area contributed by atoms with Crippen molar-refractivity contribution >= 4 is 21.7 Å². The Bertz CT molecular complexity index is 946. The van der Waals surface area contributed by atoms with E-state index in [9.17, 15) is 18.5 Å². The lowest BCUT2D eigenvalue weighted by Crippen LogP contribution is -2.15. The van der Waals surface area contributed by atoms with Crippen molar-refractivity contribution in [1.29, 1.82) is 5.26 Å². The fourth-order valence-corrected chi connectivity index (χ4v) is 2.52. The van der Waals surface area contributed by atoms with Crippen molar-refractivity contribution < 1.29 is 22.5 Å². The van der Waals surface area contributed by atoms with Crippen LogP contribution in [0.25, 0.3) is 5.57 Å². The van der Waals surface area contributed by atoms with Crippen molar-refractivity contribution in [1.82, 2.24) is 0 Å². The minimum absolute atomic E-state index is 0.283. The van der Waals surface area contributed by atoms with Crippen LogP contribution < -0.4 is 0 Å². The number of nitrogens with zero attached hydrogens (tertiary/aromatic N) is 1. The highest BCUT2D eigenvalue weighted by atomic mass is 32.2. The normalized spacial score (nSPS) is 11.3. The molecule has 0 aromatic heterocycles. The summed E-state index contributed by atoms with van der Waals surface area (Å²) in [6, 6.07) is 20.6. The maximum absolute atomic E-state index is 11.9. The molecule has 6 nitrogen and oxygen atoms in total. The van der Waals surface area contributed by atoms with Crippen LogP contribution in [-0.4, -0.2) is 31.3 Å². The Balaban J connectivity index is 2.29. The summed E-state index contributed by atoms with van der Waals surface area (Å²) in [6.07, 6.45) is 2.96. The van der Waals surface area contributed by atoms with E-state index in [2.05, 4.69) is 0 Å². The Hall–Kier alpha value is -3.21. The monoisotopic (exact) mass is 383 g/mol. The molecule has 27 heavy (non-hydrogen) atoms. The number of carbonyl (C=O) groups is 1. The van der Waals surface area contributed by atoms with Crippen molar-refractivity contribution in [3.05, 3.63) is 89.5 Å². The quantitative estimate of drug-likeness (QED) is 0.259. The van der Waals surface area contributed by atoms with Gasteiger partial charge in [-0.3, -0.25) is 4.55 Å². The third kappa shape index (κ3) is 6.55. The van der Waals surface area contributed by atoms with Crippen molar-refractivity contribution in [2.24, 2.45) is 0 Å². The van der Waals surface area contributed by atoms with E-state index >= 15 is 0 Å². The van der Waals surface area contributed by atoms with Crippen LogP contribution in [0.2, 0.25) is 0 Å². The molecule has 0 saturated heterocycles. The lowest BCUT2D eigenvalue weighted by Gasteiger charge is -2.08. The molecule has 138 valence electrons. The standard InChI is InChI=1S/C20H17NO5S/c21-15-18(20(22)26-13-14-27(23,24)25)11-12-19(16-7-3-1-4-8-16)17-9-5-2-6-10-17/h1-12H,13-14H2,(H,23,24,25)/b18-11+. The van der Waals surface area contributed by atoms with Gasteiger partial charge >= 0.3 is 5.97 Å². The summed E-state index contributed by atoms with van der Waals surface area (Å²) >= 11 is 0. The van der Waals surface area contributed by atoms with Gasteiger partial charge in [-0.1, -0.05) is 66.7 Å². The van der Waals surface area contributed by atoms with Gasteiger partial charge in [0.2, 0.25) is 0 Å². The van der Waals surface area contributed by atoms with Gasteiger partial charge in [0, 0.05) is 0 Å². The highest BCUT2D eigenvalue weighted by molar-refractivity contribution is 7.85. The molecule has 0 spiro atoms. The van der Waals surface area contributed by atoms with E-state index in [1.165, 1.54) is 6.08 Å². The van der Waals surface area contributed by atoms with Gasteiger partial charge in [-0.05, 0) is 22.8 Å². The fraction of sp³-hybridized carbons (Fsp3) is 0.100. The summed E-state index contributed by atoms with van der Waals surface area (Å²) < 4.78 is 34.7. The Morgan fingerprint density at radius 3 is 1.96 bits per heavy atom. The SMILES string of the molecule is N#C/C(=C\C=C(c1ccccc1)c1ccccc1)C(=O)OCCS(=O)(=O)O. The minimum Gasteiger partial charge on any atom is -0.460 e. The van der Waals surface area contributed by atoms with E-state index in [0.717, 1.165) is 16.7 Å². The van der Waals surface area contributed by atoms with Crippen LogP contribution in [-0.2, 0) is 19.6 Å². The predicted molar refractivity (Wildman–Crippen MR) is 101 cm³/mol. The average Bonchev–Trinajstić information content (AvgIpc) is 2.65. The van der Waals surface area contributed by atoms with Gasteiger partial charge in [-0.25, -0.2) is 4.79 Å².